The van der Waals surface area contributed by atoms with Crippen LogP contribution in [0.5, 0.6) is 0 Å². The van der Waals surface area contributed by atoms with Crippen molar-refractivity contribution in [3.05, 3.63) is 22.5 Å². The summed E-state index contributed by atoms with van der Waals surface area (Å²) in [6.45, 7) is 0. The third-order valence-electron chi connectivity index (χ3n) is 0.836. The summed E-state index contributed by atoms with van der Waals surface area (Å²) in [5, 5.41) is 2.10. The zero-order valence-electron chi connectivity index (χ0n) is 4.96. The van der Waals surface area contributed by atoms with Crippen LogP contribution in [0.25, 0.3) is 0 Å². The van der Waals surface area contributed by atoms with E-state index in [0.717, 1.165) is 4.91 Å². The molecule has 0 amide bonds. The highest BCUT2D eigenvalue weighted by Crippen LogP contribution is 2.26. The summed E-state index contributed by atoms with van der Waals surface area (Å²) in [7, 11) is 0. The molecule has 0 atom stereocenters. The van der Waals surface area contributed by atoms with Crippen molar-refractivity contribution in [2.75, 3.05) is 6.26 Å². The third-order valence-corrected chi connectivity index (χ3v) is 2.30. The molecule has 0 fully saturated rings. The predicted octanol–water partition coefficient (Wildman–Crippen LogP) is 2.02. The first-order valence-corrected chi connectivity index (χ1v) is 4.56. The topological polar surface area (TPSA) is 17.1 Å². The predicted molar refractivity (Wildman–Crippen MR) is 43.3 cm³/mol. The van der Waals surface area contributed by atoms with Gasteiger partial charge in [0.2, 0.25) is 5.12 Å². The van der Waals surface area contributed by atoms with Crippen LogP contribution in [0.1, 0.15) is 0 Å². The first kappa shape index (κ1) is 6.96. The van der Waals surface area contributed by atoms with Gasteiger partial charge in [0.1, 0.15) is 0 Å². The first-order chi connectivity index (χ1) is 4.33. The fourth-order valence-corrected chi connectivity index (χ4v) is 1.81. The lowest BCUT2D eigenvalue weighted by atomic mass is 10.5. The van der Waals surface area contributed by atoms with Gasteiger partial charge >= 0.3 is 0 Å². The summed E-state index contributed by atoms with van der Waals surface area (Å²) in [5.74, 6) is 0. The van der Waals surface area contributed by atoms with Gasteiger partial charge in [0, 0.05) is 4.91 Å². The van der Waals surface area contributed by atoms with E-state index in [9.17, 15) is 4.79 Å². The number of allylic oxidation sites excluding steroid dienone is 1. The van der Waals surface area contributed by atoms with Gasteiger partial charge in [-0.1, -0.05) is 0 Å². The molecule has 0 unspecified atom stereocenters. The van der Waals surface area contributed by atoms with Gasteiger partial charge in [-0.3, -0.25) is 4.79 Å². The molecule has 1 aliphatic rings. The SMILES string of the molecule is CS/C=C1/C=CC(=O)S1. The summed E-state index contributed by atoms with van der Waals surface area (Å²) in [5.41, 5.74) is 0. The van der Waals surface area contributed by atoms with Crippen molar-refractivity contribution in [1.82, 2.24) is 0 Å². The molecule has 0 aromatic heterocycles. The van der Waals surface area contributed by atoms with E-state index >= 15 is 0 Å². The molecule has 1 nitrogen and oxygen atoms in total. The second-order valence-electron chi connectivity index (χ2n) is 1.51. The second kappa shape index (κ2) is 3.13. The van der Waals surface area contributed by atoms with Crippen molar-refractivity contribution in [3.8, 4) is 0 Å². The summed E-state index contributed by atoms with van der Waals surface area (Å²) in [6.07, 6.45) is 5.40. The van der Waals surface area contributed by atoms with E-state index in [0.29, 0.717) is 0 Å². The molecule has 3 heteroatoms. The molecular weight excluding hydrogens is 152 g/mol. The number of carbonyl (C=O) groups excluding carboxylic acids is 1. The van der Waals surface area contributed by atoms with Crippen molar-refractivity contribution in [2.24, 2.45) is 0 Å². The minimum Gasteiger partial charge on any atom is -0.282 e. The van der Waals surface area contributed by atoms with E-state index in [-0.39, 0.29) is 5.12 Å². The average molecular weight is 158 g/mol. The van der Waals surface area contributed by atoms with Gasteiger partial charge in [-0.25, -0.2) is 0 Å². The molecule has 0 aromatic rings. The summed E-state index contributed by atoms with van der Waals surface area (Å²) in [6, 6.07) is 0. The number of hydrogen-bond acceptors (Lipinski definition) is 3. The lowest BCUT2D eigenvalue weighted by molar-refractivity contribution is -0.106. The number of carbonyl (C=O) groups is 1. The van der Waals surface area contributed by atoms with Crippen molar-refractivity contribution >= 4 is 28.6 Å². The fourth-order valence-electron chi connectivity index (χ4n) is 0.514. The van der Waals surface area contributed by atoms with Gasteiger partial charge in [-0.15, -0.1) is 11.8 Å². The van der Waals surface area contributed by atoms with Crippen LogP contribution in [0.3, 0.4) is 0 Å². The Morgan fingerprint density at radius 1 is 1.67 bits per heavy atom. The molecule has 1 aliphatic heterocycles. The van der Waals surface area contributed by atoms with Crippen LogP contribution in [-0.2, 0) is 4.79 Å². The zero-order valence-corrected chi connectivity index (χ0v) is 6.59. The molecule has 0 spiro atoms. The molecule has 1 heterocycles. The van der Waals surface area contributed by atoms with E-state index in [2.05, 4.69) is 0 Å². The quantitative estimate of drug-likeness (QED) is 0.581. The average Bonchev–Trinajstić information content (AvgIpc) is 2.17. The number of hydrogen-bond donors (Lipinski definition) is 0. The third kappa shape index (κ3) is 1.91. The molecule has 48 valence electrons. The monoisotopic (exact) mass is 158 g/mol. The Labute approximate surface area is 62.6 Å². The van der Waals surface area contributed by atoms with Crippen LogP contribution in [0.15, 0.2) is 22.5 Å². The van der Waals surface area contributed by atoms with Crippen molar-refractivity contribution < 1.29 is 4.79 Å². The summed E-state index contributed by atoms with van der Waals surface area (Å²) < 4.78 is 0. The normalized spacial score (nSPS) is 21.9. The largest absolute Gasteiger partial charge is 0.282 e. The van der Waals surface area contributed by atoms with Crippen LogP contribution >= 0.6 is 23.5 Å². The molecule has 0 saturated carbocycles. The molecule has 0 aromatic carbocycles. The van der Waals surface area contributed by atoms with Crippen LogP contribution in [0.2, 0.25) is 0 Å². The molecule has 0 aliphatic carbocycles. The Hall–Kier alpha value is -0.150. The van der Waals surface area contributed by atoms with Gasteiger partial charge in [0.05, 0.1) is 0 Å². The van der Waals surface area contributed by atoms with Crippen molar-refractivity contribution in [3.63, 3.8) is 0 Å². The first-order valence-electron chi connectivity index (χ1n) is 2.46. The standard InChI is InChI=1S/C6H6OS2/c1-8-4-5-2-3-6(7)9-5/h2-4H,1H3/b5-4-. The minimum atomic E-state index is 0.135. The van der Waals surface area contributed by atoms with E-state index in [4.69, 9.17) is 0 Å². The second-order valence-corrected chi connectivity index (χ2v) is 3.30. The maximum atomic E-state index is 10.6. The highest BCUT2D eigenvalue weighted by atomic mass is 32.2. The molecular formula is C6H6OS2. The van der Waals surface area contributed by atoms with Gasteiger partial charge in [0.25, 0.3) is 0 Å². The molecule has 0 N–H and O–H groups in total. The maximum absolute atomic E-state index is 10.6. The Morgan fingerprint density at radius 2 is 2.44 bits per heavy atom. The van der Waals surface area contributed by atoms with E-state index in [1.165, 1.54) is 11.8 Å². The molecule has 0 radical (unpaired) electrons. The van der Waals surface area contributed by atoms with Gasteiger partial charge < -0.3 is 0 Å². The summed E-state index contributed by atoms with van der Waals surface area (Å²) in [4.78, 5) is 11.6. The lowest BCUT2D eigenvalue weighted by Crippen LogP contribution is -1.72. The van der Waals surface area contributed by atoms with E-state index in [1.54, 1.807) is 17.8 Å². The Morgan fingerprint density at radius 3 is 2.89 bits per heavy atom. The highest BCUT2D eigenvalue weighted by molar-refractivity contribution is 8.18. The molecule has 0 saturated heterocycles. The maximum Gasteiger partial charge on any atom is 0.216 e. The Bertz CT molecular complexity index is 181. The molecule has 1 rings (SSSR count). The lowest BCUT2D eigenvalue weighted by Gasteiger charge is -1.85. The van der Waals surface area contributed by atoms with E-state index < -0.39 is 0 Å². The zero-order chi connectivity index (χ0) is 6.69. The molecule has 0 bridgehead atoms. The molecule has 9 heavy (non-hydrogen) atoms. The van der Waals surface area contributed by atoms with Crippen LogP contribution in [0, 0.1) is 0 Å². The highest BCUT2D eigenvalue weighted by Gasteiger charge is 2.07. The smallest absolute Gasteiger partial charge is 0.216 e. The van der Waals surface area contributed by atoms with Gasteiger partial charge in [-0.2, -0.15) is 0 Å². The minimum absolute atomic E-state index is 0.135. The van der Waals surface area contributed by atoms with Crippen molar-refractivity contribution in [2.45, 2.75) is 0 Å². The van der Waals surface area contributed by atoms with Gasteiger partial charge in [-0.05, 0) is 35.6 Å². The van der Waals surface area contributed by atoms with Crippen LogP contribution in [0.4, 0.5) is 0 Å². The van der Waals surface area contributed by atoms with Crippen LogP contribution in [-0.4, -0.2) is 11.4 Å². The Balaban J connectivity index is 2.60. The van der Waals surface area contributed by atoms with E-state index in [1.807, 2.05) is 17.7 Å². The van der Waals surface area contributed by atoms with Crippen LogP contribution < -0.4 is 0 Å². The number of thioether (sulfide) groups is 2. The Kier molecular flexibility index (Phi) is 2.42. The van der Waals surface area contributed by atoms with Gasteiger partial charge in [0.15, 0.2) is 0 Å². The number of rotatable bonds is 1. The summed E-state index contributed by atoms with van der Waals surface area (Å²) >= 11 is 2.89. The fraction of sp³-hybridized carbons (Fsp3) is 0.167. The van der Waals surface area contributed by atoms with Crippen molar-refractivity contribution in [1.29, 1.82) is 0 Å².